The Kier molecular flexibility index (Phi) is 5.65. The average Bonchev–Trinajstić information content (AvgIpc) is 2.46. The summed E-state index contributed by atoms with van der Waals surface area (Å²) >= 11 is 3.55. The number of hydrogen-bond acceptors (Lipinski definition) is 3. The van der Waals surface area contributed by atoms with Crippen molar-refractivity contribution in [3.8, 4) is 0 Å². The molecule has 1 aliphatic heterocycles. The van der Waals surface area contributed by atoms with E-state index in [1.165, 1.54) is 11.3 Å². The summed E-state index contributed by atoms with van der Waals surface area (Å²) in [7, 11) is 0. The minimum absolute atomic E-state index is 0.0383. The fourth-order valence-electron chi connectivity index (χ4n) is 2.72. The molecule has 3 N–H and O–H groups in total. The summed E-state index contributed by atoms with van der Waals surface area (Å²) in [6, 6.07) is 6.79. The van der Waals surface area contributed by atoms with Crippen LogP contribution in [0.25, 0.3) is 0 Å². The number of halogens is 1. The first kappa shape index (κ1) is 16.3. The lowest BCUT2D eigenvalue weighted by atomic mass is 9.96. The van der Waals surface area contributed by atoms with Crippen LogP contribution < -0.4 is 16.0 Å². The molecule has 5 heteroatoms. The molecule has 0 bridgehead atoms. The van der Waals surface area contributed by atoms with Crippen LogP contribution >= 0.6 is 15.9 Å². The van der Waals surface area contributed by atoms with Crippen LogP contribution in [0.5, 0.6) is 0 Å². The SMILES string of the molecule is CC(C)NCc1ccc(Br)cc1N1CCCC(C(N)=O)C1. The molecule has 0 radical (unpaired) electrons. The highest BCUT2D eigenvalue weighted by Gasteiger charge is 2.25. The lowest BCUT2D eigenvalue weighted by Gasteiger charge is -2.34. The summed E-state index contributed by atoms with van der Waals surface area (Å²) in [4.78, 5) is 13.8. The van der Waals surface area contributed by atoms with Gasteiger partial charge < -0.3 is 16.0 Å². The maximum absolute atomic E-state index is 11.5. The molecule has 1 heterocycles. The summed E-state index contributed by atoms with van der Waals surface area (Å²) < 4.78 is 1.06. The molecule has 1 fully saturated rings. The molecule has 1 amide bonds. The molecule has 0 saturated carbocycles. The van der Waals surface area contributed by atoms with Crippen molar-refractivity contribution in [2.45, 2.75) is 39.3 Å². The van der Waals surface area contributed by atoms with Gasteiger partial charge in [0.15, 0.2) is 0 Å². The van der Waals surface area contributed by atoms with Crippen LogP contribution in [0.4, 0.5) is 5.69 Å². The zero-order valence-corrected chi connectivity index (χ0v) is 14.3. The van der Waals surface area contributed by atoms with Gasteiger partial charge >= 0.3 is 0 Å². The molecule has 2 rings (SSSR count). The molecule has 4 nitrogen and oxygen atoms in total. The maximum atomic E-state index is 11.5. The quantitative estimate of drug-likeness (QED) is 0.855. The van der Waals surface area contributed by atoms with E-state index in [2.05, 4.69) is 58.2 Å². The molecule has 0 aromatic heterocycles. The standard InChI is InChI=1S/C16H24BrN3O/c1-11(2)19-9-12-5-6-14(17)8-15(12)20-7-3-4-13(10-20)16(18)21/h5-6,8,11,13,19H,3-4,7,9-10H2,1-2H3,(H2,18,21). The molecule has 0 aliphatic carbocycles. The topological polar surface area (TPSA) is 58.4 Å². The number of nitrogens with two attached hydrogens (primary N) is 1. The molecule has 116 valence electrons. The molecule has 0 spiro atoms. The van der Waals surface area contributed by atoms with Gasteiger partial charge in [0.25, 0.3) is 0 Å². The highest BCUT2D eigenvalue weighted by Crippen LogP contribution is 2.29. The monoisotopic (exact) mass is 353 g/mol. The second-order valence-electron chi connectivity index (χ2n) is 6.00. The third kappa shape index (κ3) is 4.45. The van der Waals surface area contributed by atoms with Crippen molar-refractivity contribution in [1.29, 1.82) is 0 Å². The molecule has 1 aromatic carbocycles. The Morgan fingerprint density at radius 1 is 1.52 bits per heavy atom. The number of carbonyl (C=O) groups excluding carboxylic acids is 1. The van der Waals surface area contributed by atoms with E-state index in [0.717, 1.165) is 36.9 Å². The van der Waals surface area contributed by atoms with E-state index in [1.54, 1.807) is 0 Å². The number of nitrogens with one attached hydrogen (secondary N) is 1. The number of hydrogen-bond donors (Lipinski definition) is 2. The molecule has 1 atom stereocenters. The predicted octanol–water partition coefficient (Wildman–Crippen LogP) is 2.65. The van der Waals surface area contributed by atoms with Gasteiger partial charge in [0.05, 0.1) is 5.92 Å². The van der Waals surface area contributed by atoms with Crippen molar-refractivity contribution in [2.24, 2.45) is 11.7 Å². The van der Waals surface area contributed by atoms with Crippen molar-refractivity contribution in [3.05, 3.63) is 28.2 Å². The molecule has 1 saturated heterocycles. The number of rotatable bonds is 5. The van der Waals surface area contributed by atoms with Crippen LogP contribution in [-0.2, 0) is 11.3 Å². The van der Waals surface area contributed by atoms with E-state index in [9.17, 15) is 4.79 Å². The Hall–Kier alpha value is -1.07. The number of amides is 1. The third-order valence-electron chi connectivity index (χ3n) is 3.91. The van der Waals surface area contributed by atoms with Gasteiger partial charge in [0.2, 0.25) is 5.91 Å². The number of benzene rings is 1. The fraction of sp³-hybridized carbons (Fsp3) is 0.562. The highest BCUT2D eigenvalue weighted by atomic mass is 79.9. The minimum Gasteiger partial charge on any atom is -0.370 e. The van der Waals surface area contributed by atoms with E-state index in [4.69, 9.17) is 5.73 Å². The summed E-state index contributed by atoms with van der Waals surface area (Å²) in [5.41, 5.74) is 7.95. The van der Waals surface area contributed by atoms with Crippen molar-refractivity contribution >= 4 is 27.5 Å². The molecular weight excluding hydrogens is 330 g/mol. The summed E-state index contributed by atoms with van der Waals surface area (Å²) in [6.07, 6.45) is 1.91. The van der Waals surface area contributed by atoms with Crippen LogP contribution in [0.15, 0.2) is 22.7 Å². The summed E-state index contributed by atoms with van der Waals surface area (Å²) in [5, 5.41) is 3.46. The Labute approximate surface area is 135 Å². The smallest absolute Gasteiger partial charge is 0.222 e. The van der Waals surface area contributed by atoms with Gasteiger partial charge in [-0.2, -0.15) is 0 Å². The minimum atomic E-state index is -0.184. The van der Waals surface area contributed by atoms with Crippen LogP contribution in [0.1, 0.15) is 32.3 Å². The first-order valence-corrected chi connectivity index (χ1v) is 8.32. The van der Waals surface area contributed by atoms with E-state index in [-0.39, 0.29) is 11.8 Å². The van der Waals surface area contributed by atoms with Crippen LogP contribution in [-0.4, -0.2) is 25.0 Å². The largest absolute Gasteiger partial charge is 0.370 e. The van der Waals surface area contributed by atoms with Crippen LogP contribution in [0.3, 0.4) is 0 Å². The summed E-state index contributed by atoms with van der Waals surface area (Å²) in [5.74, 6) is -0.222. The normalized spacial score (nSPS) is 19.0. The fourth-order valence-corrected chi connectivity index (χ4v) is 3.07. The Morgan fingerprint density at radius 2 is 2.29 bits per heavy atom. The Bertz CT molecular complexity index is 504. The van der Waals surface area contributed by atoms with Gasteiger partial charge in [0, 0.05) is 35.8 Å². The second-order valence-corrected chi connectivity index (χ2v) is 6.91. The van der Waals surface area contributed by atoms with E-state index < -0.39 is 0 Å². The van der Waals surface area contributed by atoms with Gasteiger partial charge in [-0.3, -0.25) is 4.79 Å². The number of piperidine rings is 1. The summed E-state index contributed by atoms with van der Waals surface area (Å²) in [6.45, 7) is 6.82. The number of carbonyl (C=O) groups is 1. The number of anilines is 1. The molecule has 1 aromatic rings. The average molecular weight is 354 g/mol. The first-order valence-electron chi connectivity index (χ1n) is 7.53. The Balaban J connectivity index is 2.20. The zero-order chi connectivity index (χ0) is 15.4. The van der Waals surface area contributed by atoms with Gasteiger partial charge in [-0.15, -0.1) is 0 Å². The van der Waals surface area contributed by atoms with E-state index >= 15 is 0 Å². The lowest BCUT2D eigenvalue weighted by Crippen LogP contribution is -2.41. The predicted molar refractivity (Wildman–Crippen MR) is 90.2 cm³/mol. The molecular formula is C16H24BrN3O. The van der Waals surface area contributed by atoms with Gasteiger partial charge in [0.1, 0.15) is 0 Å². The maximum Gasteiger partial charge on any atom is 0.222 e. The van der Waals surface area contributed by atoms with Crippen molar-refractivity contribution < 1.29 is 4.79 Å². The van der Waals surface area contributed by atoms with Crippen molar-refractivity contribution in [1.82, 2.24) is 5.32 Å². The van der Waals surface area contributed by atoms with Crippen LogP contribution in [0.2, 0.25) is 0 Å². The van der Waals surface area contributed by atoms with Gasteiger partial charge in [-0.05, 0) is 30.5 Å². The van der Waals surface area contributed by atoms with E-state index in [1.807, 2.05) is 0 Å². The van der Waals surface area contributed by atoms with E-state index in [0.29, 0.717) is 6.04 Å². The second kappa shape index (κ2) is 7.27. The zero-order valence-electron chi connectivity index (χ0n) is 12.7. The Morgan fingerprint density at radius 3 is 2.95 bits per heavy atom. The van der Waals surface area contributed by atoms with Gasteiger partial charge in [-0.25, -0.2) is 0 Å². The van der Waals surface area contributed by atoms with Crippen molar-refractivity contribution in [3.63, 3.8) is 0 Å². The third-order valence-corrected chi connectivity index (χ3v) is 4.41. The first-order chi connectivity index (χ1) is 9.97. The molecule has 1 aliphatic rings. The molecule has 1 unspecified atom stereocenters. The highest BCUT2D eigenvalue weighted by molar-refractivity contribution is 9.10. The number of primary amides is 1. The number of nitrogens with zero attached hydrogens (tertiary/aromatic N) is 1. The lowest BCUT2D eigenvalue weighted by molar-refractivity contribution is -0.122. The van der Waals surface area contributed by atoms with Crippen molar-refractivity contribution in [2.75, 3.05) is 18.0 Å². The van der Waals surface area contributed by atoms with Crippen LogP contribution in [0, 0.1) is 5.92 Å². The van der Waals surface area contributed by atoms with Gasteiger partial charge in [-0.1, -0.05) is 35.8 Å². The molecule has 21 heavy (non-hydrogen) atoms.